The van der Waals surface area contributed by atoms with Crippen molar-refractivity contribution in [2.24, 2.45) is 0 Å². The molecule has 0 radical (unpaired) electrons. The maximum absolute atomic E-state index is 2.44. The van der Waals surface area contributed by atoms with Crippen LogP contribution < -0.4 is 0 Å². The molecule has 0 aromatic carbocycles. The number of rotatable bonds is 20. The Bertz CT molecular complexity index is 236. The summed E-state index contributed by atoms with van der Waals surface area (Å²) in [6.07, 6.45) is 29.7. The van der Waals surface area contributed by atoms with Gasteiger partial charge in [0.1, 0.15) is 0 Å². The third kappa shape index (κ3) is 15.2. The highest BCUT2D eigenvalue weighted by Crippen LogP contribution is 2.58. The summed E-state index contributed by atoms with van der Waals surface area (Å²) in [7, 11) is -0.527. The van der Waals surface area contributed by atoms with Crippen LogP contribution in [0.15, 0.2) is 0 Å². The van der Waals surface area contributed by atoms with E-state index < -0.39 is 7.26 Å². The maximum Gasteiger partial charge on any atom is 0.0594 e. The SMILES string of the molecule is CCCCCCCCCCCCCCCCCC[P+](CC)(CC)CC. The molecule has 0 saturated heterocycles. The Balaban J connectivity index is 3.21. The second-order valence-electron chi connectivity index (χ2n) is 8.32. The predicted molar refractivity (Wildman–Crippen MR) is 123 cm³/mol. The minimum atomic E-state index is -0.527. The fraction of sp³-hybridized carbons (Fsp3) is 1.00. The minimum Gasteiger partial charge on any atom is -0.0654 e. The van der Waals surface area contributed by atoms with Crippen LogP contribution in [0.3, 0.4) is 0 Å². The van der Waals surface area contributed by atoms with Crippen molar-refractivity contribution in [3.8, 4) is 0 Å². The van der Waals surface area contributed by atoms with E-state index in [-0.39, 0.29) is 0 Å². The second kappa shape index (κ2) is 19.2. The molecule has 0 aromatic rings. The normalized spacial score (nSPS) is 12.0. The van der Waals surface area contributed by atoms with Gasteiger partial charge < -0.3 is 0 Å². The summed E-state index contributed by atoms with van der Waals surface area (Å²) in [4.78, 5) is 0. The van der Waals surface area contributed by atoms with Crippen molar-refractivity contribution in [3.05, 3.63) is 0 Å². The van der Waals surface area contributed by atoms with Crippen molar-refractivity contribution in [3.63, 3.8) is 0 Å². The lowest BCUT2D eigenvalue weighted by Gasteiger charge is -2.23. The third-order valence-electron chi connectivity index (χ3n) is 6.50. The average molecular weight is 372 g/mol. The van der Waals surface area contributed by atoms with Crippen LogP contribution in [0.1, 0.15) is 130 Å². The van der Waals surface area contributed by atoms with Crippen molar-refractivity contribution >= 4 is 7.26 Å². The van der Waals surface area contributed by atoms with Gasteiger partial charge in [0.2, 0.25) is 0 Å². The molecule has 0 rings (SSSR count). The molecule has 25 heavy (non-hydrogen) atoms. The average Bonchev–Trinajstić information content (AvgIpc) is 2.65. The summed E-state index contributed by atoms with van der Waals surface area (Å²) in [5.41, 5.74) is 0. The molecule has 0 bridgehead atoms. The minimum absolute atomic E-state index is 0.527. The van der Waals surface area contributed by atoms with E-state index in [2.05, 4.69) is 27.7 Å². The Hall–Kier alpha value is 0.430. The summed E-state index contributed by atoms with van der Waals surface area (Å²) in [6.45, 7) is 9.62. The topological polar surface area (TPSA) is 0 Å². The number of hydrogen-bond acceptors (Lipinski definition) is 0. The monoisotopic (exact) mass is 371 g/mol. The first-order valence-electron chi connectivity index (χ1n) is 12.1. The van der Waals surface area contributed by atoms with E-state index in [4.69, 9.17) is 0 Å². The Morgan fingerprint density at radius 2 is 0.640 bits per heavy atom. The van der Waals surface area contributed by atoms with E-state index in [9.17, 15) is 0 Å². The third-order valence-corrected chi connectivity index (χ3v) is 11.8. The molecule has 0 amide bonds. The Kier molecular flexibility index (Phi) is 19.5. The van der Waals surface area contributed by atoms with Crippen LogP contribution in [0, 0.1) is 0 Å². The zero-order chi connectivity index (χ0) is 18.6. The maximum atomic E-state index is 2.44. The molecule has 0 saturated carbocycles. The van der Waals surface area contributed by atoms with Gasteiger partial charge in [0.25, 0.3) is 0 Å². The van der Waals surface area contributed by atoms with Crippen LogP contribution in [-0.4, -0.2) is 24.6 Å². The predicted octanol–water partition coefficient (Wildman–Crippen LogP) is 9.33. The van der Waals surface area contributed by atoms with Crippen molar-refractivity contribution in [2.45, 2.75) is 130 Å². The molecule has 0 N–H and O–H groups in total. The molecule has 0 nitrogen and oxygen atoms in total. The summed E-state index contributed by atoms with van der Waals surface area (Å²) in [6, 6.07) is 0. The van der Waals surface area contributed by atoms with Crippen LogP contribution >= 0.6 is 7.26 Å². The van der Waals surface area contributed by atoms with Gasteiger partial charge in [0.05, 0.1) is 24.6 Å². The van der Waals surface area contributed by atoms with E-state index in [1.54, 1.807) is 6.16 Å². The van der Waals surface area contributed by atoms with Crippen LogP contribution in [0.5, 0.6) is 0 Å². The molecule has 0 atom stereocenters. The summed E-state index contributed by atoms with van der Waals surface area (Å²) >= 11 is 0. The van der Waals surface area contributed by atoms with Crippen molar-refractivity contribution in [2.75, 3.05) is 24.6 Å². The molecule has 0 aliphatic heterocycles. The lowest BCUT2D eigenvalue weighted by Crippen LogP contribution is -2.07. The van der Waals surface area contributed by atoms with Gasteiger partial charge in [-0.2, -0.15) is 0 Å². The molecular weight excluding hydrogens is 319 g/mol. The van der Waals surface area contributed by atoms with Crippen LogP contribution in [0.2, 0.25) is 0 Å². The Morgan fingerprint density at radius 1 is 0.360 bits per heavy atom. The number of unbranched alkanes of at least 4 members (excludes halogenated alkanes) is 15. The van der Waals surface area contributed by atoms with E-state index in [1.807, 2.05) is 0 Å². The van der Waals surface area contributed by atoms with Gasteiger partial charge in [-0.3, -0.25) is 0 Å². The van der Waals surface area contributed by atoms with Gasteiger partial charge in [-0.1, -0.05) is 96.8 Å². The number of hydrogen-bond donors (Lipinski definition) is 0. The van der Waals surface area contributed by atoms with Crippen molar-refractivity contribution in [1.29, 1.82) is 0 Å². The second-order valence-corrected chi connectivity index (χ2v) is 13.3. The first-order valence-corrected chi connectivity index (χ1v) is 14.6. The molecule has 0 spiro atoms. The largest absolute Gasteiger partial charge is 0.0654 e. The standard InChI is InChI=1S/C24H52P/c1-5-9-10-11-12-13-14-15-16-17-18-19-20-21-22-23-24-25(6-2,7-3)8-4/h5-24H2,1-4H3/q+1. The molecule has 0 aliphatic carbocycles. The first-order chi connectivity index (χ1) is 12.2. The van der Waals surface area contributed by atoms with E-state index >= 15 is 0 Å². The van der Waals surface area contributed by atoms with Crippen LogP contribution in [0.4, 0.5) is 0 Å². The highest BCUT2D eigenvalue weighted by molar-refractivity contribution is 7.75. The van der Waals surface area contributed by atoms with E-state index in [1.165, 1.54) is 121 Å². The van der Waals surface area contributed by atoms with Gasteiger partial charge in [0, 0.05) is 7.26 Å². The molecule has 0 unspecified atom stereocenters. The van der Waals surface area contributed by atoms with Gasteiger partial charge in [0.15, 0.2) is 0 Å². The molecule has 152 valence electrons. The Labute approximate surface area is 162 Å². The highest BCUT2D eigenvalue weighted by Gasteiger charge is 2.29. The zero-order valence-electron chi connectivity index (χ0n) is 18.6. The van der Waals surface area contributed by atoms with Gasteiger partial charge in [-0.25, -0.2) is 0 Å². The highest BCUT2D eigenvalue weighted by atomic mass is 31.2. The van der Waals surface area contributed by atoms with E-state index in [0.717, 1.165) is 0 Å². The van der Waals surface area contributed by atoms with Gasteiger partial charge >= 0.3 is 0 Å². The molecule has 1 heteroatoms. The summed E-state index contributed by atoms with van der Waals surface area (Å²) in [5.74, 6) is 0. The quantitative estimate of drug-likeness (QED) is 0.148. The zero-order valence-corrected chi connectivity index (χ0v) is 19.5. The first kappa shape index (κ1) is 25.4. The smallest absolute Gasteiger partial charge is 0.0594 e. The fourth-order valence-corrected chi connectivity index (χ4v) is 7.33. The molecule has 0 heterocycles. The van der Waals surface area contributed by atoms with Crippen molar-refractivity contribution < 1.29 is 0 Å². The van der Waals surface area contributed by atoms with Crippen LogP contribution in [-0.2, 0) is 0 Å². The summed E-state index contributed by atoms with van der Waals surface area (Å²) < 4.78 is 0. The lowest BCUT2D eigenvalue weighted by atomic mass is 10.0. The lowest BCUT2D eigenvalue weighted by molar-refractivity contribution is 0.531. The van der Waals surface area contributed by atoms with Gasteiger partial charge in [-0.05, 0) is 33.6 Å². The van der Waals surface area contributed by atoms with Crippen molar-refractivity contribution in [1.82, 2.24) is 0 Å². The van der Waals surface area contributed by atoms with Gasteiger partial charge in [-0.15, -0.1) is 0 Å². The molecule has 0 aliphatic rings. The summed E-state index contributed by atoms with van der Waals surface area (Å²) in [5, 5.41) is 0. The fourth-order valence-electron chi connectivity index (χ4n) is 4.14. The molecule has 0 aromatic heterocycles. The molecule has 0 fully saturated rings. The van der Waals surface area contributed by atoms with Crippen LogP contribution in [0.25, 0.3) is 0 Å². The van der Waals surface area contributed by atoms with E-state index in [0.29, 0.717) is 0 Å². The molecular formula is C24H52P+. The Morgan fingerprint density at radius 3 is 0.920 bits per heavy atom.